The second-order valence-corrected chi connectivity index (χ2v) is 6.68. The average molecular weight is 314 g/mol. The number of tetrazole rings is 1. The quantitative estimate of drug-likeness (QED) is 0.469. The summed E-state index contributed by atoms with van der Waals surface area (Å²) in [7, 11) is -3.86. The molecule has 2 rings (SSSR count). The van der Waals surface area contributed by atoms with Gasteiger partial charge in [0.05, 0.1) is 11.4 Å². The van der Waals surface area contributed by atoms with E-state index in [1.807, 2.05) is 30.3 Å². The van der Waals surface area contributed by atoms with Gasteiger partial charge in [0.1, 0.15) is 0 Å². The fourth-order valence-corrected chi connectivity index (χ4v) is 3.01. The minimum atomic E-state index is -3.86. The number of nitrogens with zero attached hydrogens (tertiary/aromatic N) is 4. The van der Waals surface area contributed by atoms with E-state index in [9.17, 15) is 8.42 Å². The Hall–Kier alpha value is -1.45. The number of hydrogen-bond donors (Lipinski definition) is 1. The van der Waals surface area contributed by atoms with Crippen LogP contribution >= 0.6 is 11.8 Å². The highest BCUT2D eigenvalue weighted by molar-refractivity contribution is 7.99. The van der Waals surface area contributed by atoms with Crippen molar-refractivity contribution in [1.29, 1.82) is 0 Å². The number of thioether (sulfide) groups is 1. The summed E-state index contributed by atoms with van der Waals surface area (Å²) in [6, 6.07) is 9.52. The first kappa shape index (κ1) is 14.9. The minimum absolute atomic E-state index is 0.211. The molecule has 9 heteroatoms. The number of aromatic nitrogens is 4. The topological polar surface area (TPSA) is 98.0 Å². The fraction of sp³-hybridized carbons (Fsp3) is 0.364. The van der Waals surface area contributed by atoms with Crippen LogP contribution in [-0.4, -0.2) is 44.7 Å². The smallest absolute Gasteiger partial charge is 0.264 e. The molecule has 2 aromatic rings. The van der Waals surface area contributed by atoms with E-state index in [1.54, 1.807) is 4.68 Å². The molecule has 0 amide bonds. The van der Waals surface area contributed by atoms with Gasteiger partial charge in [0.2, 0.25) is 5.16 Å². The van der Waals surface area contributed by atoms with Gasteiger partial charge >= 0.3 is 0 Å². The molecule has 0 unspecified atom stereocenters. The van der Waals surface area contributed by atoms with Crippen LogP contribution in [0.2, 0.25) is 0 Å². The second-order valence-electron chi connectivity index (χ2n) is 4.05. The van der Waals surface area contributed by atoms with Crippen LogP contribution in [-0.2, 0) is 10.1 Å². The van der Waals surface area contributed by atoms with Crippen molar-refractivity contribution in [1.82, 2.24) is 20.2 Å². The Morgan fingerprint density at radius 3 is 2.65 bits per heavy atom. The standard InChI is InChI=1S/C11H14N4O3S2/c16-20(17,18)9-5-4-8-19-11-12-13-14-15(11)10-6-2-1-3-7-10/h1-3,6-7H,4-5,8-9H2,(H,16,17,18). The van der Waals surface area contributed by atoms with Crippen LogP contribution in [0.3, 0.4) is 0 Å². The third kappa shape index (κ3) is 4.58. The van der Waals surface area contributed by atoms with E-state index in [0.717, 1.165) is 5.69 Å². The predicted octanol–water partition coefficient (Wildman–Crippen LogP) is 1.42. The summed E-state index contributed by atoms with van der Waals surface area (Å²) in [5.74, 6) is 0.472. The molecule has 0 radical (unpaired) electrons. The molecule has 1 heterocycles. The van der Waals surface area contributed by atoms with Crippen LogP contribution in [0.1, 0.15) is 12.8 Å². The number of rotatable bonds is 7. The zero-order valence-electron chi connectivity index (χ0n) is 10.6. The van der Waals surface area contributed by atoms with Crippen molar-refractivity contribution in [2.75, 3.05) is 11.5 Å². The molecule has 0 saturated carbocycles. The summed E-state index contributed by atoms with van der Waals surface area (Å²) in [5.41, 5.74) is 0.873. The molecule has 0 spiro atoms. The molecule has 0 fully saturated rings. The number of unbranched alkanes of at least 4 members (excludes halogenated alkanes) is 1. The van der Waals surface area contributed by atoms with Gasteiger partial charge in [-0.2, -0.15) is 13.1 Å². The molecule has 0 aliphatic carbocycles. The first-order valence-electron chi connectivity index (χ1n) is 5.98. The molecular formula is C11H14N4O3S2. The lowest BCUT2D eigenvalue weighted by Gasteiger charge is -2.03. The van der Waals surface area contributed by atoms with Gasteiger partial charge < -0.3 is 0 Å². The van der Waals surface area contributed by atoms with E-state index in [1.165, 1.54) is 11.8 Å². The summed E-state index contributed by atoms with van der Waals surface area (Å²) >= 11 is 1.45. The molecule has 1 aromatic heterocycles. The van der Waals surface area contributed by atoms with Gasteiger partial charge in [-0.3, -0.25) is 4.55 Å². The lowest BCUT2D eigenvalue weighted by molar-refractivity contribution is 0.481. The van der Waals surface area contributed by atoms with E-state index in [0.29, 0.717) is 23.8 Å². The van der Waals surface area contributed by atoms with Gasteiger partial charge in [-0.25, -0.2) is 0 Å². The third-order valence-electron chi connectivity index (χ3n) is 2.47. The number of para-hydroxylation sites is 1. The normalized spacial score (nSPS) is 11.7. The zero-order chi connectivity index (χ0) is 14.4. The van der Waals surface area contributed by atoms with Gasteiger partial charge in [-0.1, -0.05) is 30.0 Å². The molecule has 0 saturated heterocycles. The molecule has 1 aromatic carbocycles. The van der Waals surface area contributed by atoms with Crippen LogP contribution in [0.25, 0.3) is 5.69 Å². The van der Waals surface area contributed by atoms with Crippen LogP contribution in [0.5, 0.6) is 0 Å². The van der Waals surface area contributed by atoms with Gasteiger partial charge in [-0.05, 0) is 35.4 Å². The molecule has 0 aliphatic rings. The van der Waals surface area contributed by atoms with Crippen LogP contribution < -0.4 is 0 Å². The predicted molar refractivity (Wildman–Crippen MR) is 75.5 cm³/mol. The Bertz CT molecular complexity index is 643. The Kier molecular flexibility index (Phi) is 5.10. The van der Waals surface area contributed by atoms with E-state index in [2.05, 4.69) is 15.5 Å². The lowest BCUT2D eigenvalue weighted by atomic mass is 10.3. The molecule has 108 valence electrons. The fourth-order valence-electron chi connectivity index (χ4n) is 1.55. The van der Waals surface area contributed by atoms with Crippen molar-refractivity contribution >= 4 is 21.9 Å². The van der Waals surface area contributed by atoms with Gasteiger partial charge in [0, 0.05) is 5.75 Å². The van der Waals surface area contributed by atoms with Crippen molar-refractivity contribution in [3.8, 4) is 5.69 Å². The van der Waals surface area contributed by atoms with Gasteiger partial charge in [-0.15, -0.1) is 5.10 Å². The van der Waals surface area contributed by atoms with Crippen molar-refractivity contribution in [3.05, 3.63) is 30.3 Å². The van der Waals surface area contributed by atoms with Crippen molar-refractivity contribution in [2.24, 2.45) is 0 Å². The second kappa shape index (κ2) is 6.82. The maximum atomic E-state index is 10.6. The Balaban J connectivity index is 1.87. The molecule has 20 heavy (non-hydrogen) atoms. The maximum Gasteiger partial charge on any atom is 0.264 e. The van der Waals surface area contributed by atoms with Gasteiger partial charge in [0.15, 0.2) is 0 Å². The van der Waals surface area contributed by atoms with E-state index in [-0.39, 0.29) is 5.75 Å². The van der Waals surface area contributed by atoms with E-state index < -0.39 is 10.1 Å². The Morgan fingerprint density at radius 2 is 1.95 bits per heavy atom. The molecule has 7 nitrogen and oxygen atoms in total. The van der Waals surface area contributed by atoms with Crippen LogP contribution in [0, 0.1) is 0 Å². The molecule has 0 atom stereocenters. The first-order chi connectivity index (χ1) is 9.56. The van der Waals surface area contributed by atoms with Gasteiger partial charge in [0.25, 0.3) is 10.1 Å². The number of benzene rings is 1. The summed E-state index contributed by atoms with van der Waals surface area (Å²) < 4.78 is 31.4. The molecule has 0 aliphatic heterocycles. The highest BCUT2D eigenvalue weighted by Gasteiger charge is 2.09. The van der Waals surface area contributed by atoms with Crippen molar-refractivity contribution in [3.63, 3.8) is 0 Å². The van der Waals surface area contributed by atoms with E-state index >= 15 is 0 Å². The molecule has 1 N–H and O–H groups in total. The molecular weight excluding hydrogens is 300 g/mol. The van der Waals surface area contributed by atoms with Crippen LogP contribution in [0.15, 0.2) is 35.5 Å². The van der Waals surface area contributed by atoms with E-state index in [4.69, 9.17) is 4.55 Å². The van der Waals surface area contributed by atoms with Crippen LogP contribution in [0.4, 0.5) is 0 Å². The monoisotopic (exact) mass is 314 g/mol. The minimum Gasteiger partial charge on any atom is -0.286 e. The highest BCUT2D eigenvalue weighted by atomic mass is 32.2. The Labute approximate surface area is 121 Å². The summed E-state index contributed by atoms with van der Waals surface area (Å²) in [5, 5.41) is 12.2. The summed E-state index contributed by atoms with van der Waals surface area (Å²) in [6.45, 7) is 0. The average Bonchev–Trinajstić information content (AvgIpc) is 2.86. The van der Waals surface area contributed by atoms with Crippen molar-refractivity contribution < 1.29 is 13.0 Å². The molecule has 0 bridgehead atoms. The van der Waals surface area contributed by atoms with Crippen molar-refractivity contribution in [2.45, 2.75) is 18.0 Å². The maximum absolute atomic E-state index is 10.6. The highest BCUT2D eigenvalue weighted by Crippen LogP contribution is 2.19. The zero-order valence-corrected chi connectivity index (χ0v) is 12.2. The summed E-state index contributed by atoms with van der Waals surface area (Å²) in [4.78, 5) is 0. The first-order valence-corrected chi connectivity index (χ1v) is 8.57. The number of hydrogen-bond acceptors (Lipinski definition) is 6. The lowest BCUT2D eigenvalue weighted by Crippen LogP contribution is -2.04. The Morgan fingerprint density at radius 1 is 1.20 bits per heavy atom. The third-order valence-corrected chi connectivity index (χ3v) is 4.28. The summed E-state index contributed by atoms with van der Waals surface area (Å²) in [6.07, 6.45) is 1.07. The SMILES string of the molecule is O=S(=O)(O)CCCCSc1nnnn1-c1ccccc1. The largest absolute Gasteiger partial charge is 0.286 e.